The third kappa shape index (κ3) is 4.54. The Labute approximate surface area is 169 Å². The van der Waals surface area contributed by atoms with E-state index in [0.29, 0.717) is 6.54 Å². The second-order valence-corrected chi connectivity index (χ2v) is 6.44. The molecule has 0 aliphatic carbocycles. The zero-order chi connectivity index (χ0) is 21.9. The lowest BCUT2D eigenvalue weighted by molar-refractivity contribution is -0.136. The van der Waals surface area contributed by atoms with Gasteiger partial charge in [0.2, 0.25) is 0 Å². The number of halogens is 3. The van der Waals surface area contributed by atoms with Crippen molar-refractivity contribution < 1.29 is 22.7 Å². The SMILES string of the molecule is CNC(N)=NC(=O)c1cc2c(C(F)(F)F)ccc(OCc3ccc(CN)cc3)c2[nH]1. The summed E-state index contributed by atoms with van der Waals surface area (Å²) >= 11 is 0. The molecule has 0 saturated heterocycles. The third-order valence-electron chi connectivity index (χ3n) is 4.42. The fourth-order valence-corrected chi connectivity index (χ4v) is 2.83. The Morgan fingerprint density at radius 3 is 2.43 bits per heavy atom. The predicted octanol–water partition coefficient (Wildman–Crippen LogP) is 2.90. The van der Waals surface area contributed by atoms with E-state index in [1.165, 1.54) is 13.1 Å². The fourth-order valence-electron chi connectivity index (χ4n) is 2.83. The topological polar surface area (TPSA) is 119 Å². The molecule has 0 saturated carbocycles. The van der Waals surface area contributed by atoms with Crippen molar-refractivity contribution in [3.05, 3.63) is 64.8 Å². The highest BCUT2D eigenvalue weighted by Gasteiger charge is 2.34. The van der Waals surface area contributed by atoms with Crippen LogP contribution < -0.4 is 21.5 Å². The maximum absolute atomic E-state index is 13.4. The van der Waals surface area contributed by atoms with Crippen LogP contribution in [0.2, 0.25) is 0 Å². The number of nitrogens with one attached hydrogen (secondary N) is 2. The Balaban J connectivity index is 1.98. The van der Waals surface area contributed by atoms with Gasteiger partial charge in [-0.15, -0.1) is 0 Å². The lowest BCUT2D eigenvalue weighted by Crippen LogP contribution is -2.28. The number of hydrogen-bond donors (Lipinski definition) is 4. The number of nitrogens with two attached hydrogens (primary N) is 2. The van der Waals surface area contributed by atoms with Crippen molar-refractivity contribution in [1.29, 1.82) is 0 Å². The van der Waals surface area contributed by atoms with Crippen LogP contribution in [-0.4, -0.2) is 23.9 Å². The van der Waals surface area contributed by atoms with Crippen molar-refractivity contribution in [1.82, 2.24) is 10.3 Å². The van der Waals surface area contributed by atoms with Crippen molar-refractivity contribution in [3.63, 3.8) is 0 Å². The average Bonchev–Trinajstić information content (AvgIpc) is 3.17. The zero-order valence-electron chi connectivity index (χ0n) is 16.0. The lowest BCUT2D eigenvalue weighted by Gasteiger charge is -2.12. The van der Waals surface area contributed by atoms with Crippen molar-refractivity contribution in [2.45, 2.75) is 19.3 Å². The van der Waals surface area contributed by atoms with Crippen LogP contribution in [0, 0.1) is 0 Å². The second-order valence-electron chi connectivity index (χ2n) is 6.44. The summed E-state index contributed by atoms with van der Waals surface area (Å²) < 4.78 is 46.0. The summed E-state index contributed by atoms with van der Waals surface area (Å²) in [6.07, 6.45) is -4.61. The lowest BCUT2D eigenvalue weighted by atomic mass is 10.1. The molecule has 1 heterocycles. The number of amides is 1. The highest BCUT2D eigenvalue weighted by molar-refractivity contribution is 6.05. The number of aliphatic imine (C=N–C) groups is 1. The minimum absolute atomic E-state index is 0.0463. The number of guanidine groups is 1. The van der Waals surface area contributed by atoms with Gasteiger partial charge in [-0.05, 0) is 29.3 Å². The standard InChI is InChI=1S/C20H20F3N5O2/c1-26-19(25)28-18(29)15-8-13-14(20(21,22)23)6-7-16(17(13)27-15)30-10-12-4-2-11(9-24)3-5-12/h2-8,27H,9-10,24H2,1H3,(H3,25,26,28,29). The monoisotopic (exact) mass is 419 g/mol. The van der Waals surface area contributed by atoms with Gasteiger partial charge in [0.05, 0.1) is 11.1 Å². The molecule has 10 heteroatoms. The molecule has 0 bridgehead atoms. The van der Waals surface area contributed by atoms with E-state index in [-0.39, 0.29) is 34.9 Å². The Morgan fingerprint density at radius 1 is 1.17 bits per heavy atom. The van der Waals surface area contributed by atoms with Crippen LogP contribution in [0.25, 0.3) is 10.9 Å². The van der Waals surface area contributed by atoms with Crippen LogP contribution in [0.4, 0.5) is 13.2 Å². The Morgan fingerprint density at radius 2 is 1.83 bits per heavy atom. The van der Waals surface area contributed by atoms with Gasteiger partial charge < -0.3 is 26.5 Å². The molecule has 2 aromatic carbocycles. The van der Waals surface area contributed by atoms with Gasteiger partial charge in [-0.2, -0.15) is 18.2 Å². The smallest absolute Gasteiger partial charge is 0.417 e. The van der Waals surface area contributed by atoms with Gasteiger partial charge >= 0.3 is 6.18 Å². The Hall–Kier alpha value is -3.53. The van der Waals surface area contributed by atoms with E-state index in [1.807, 2.05) is 24.3 Å². The number of carbonyl (C=O) groups excluding carboxylic acids is 1. The van der Waals surface area contributed by atoms with Crippen LogP contribution in [0.5, 0.6) is 5.75 Å². The molecule has 1 amide bonds. The predicted molar refractivity (Wildman–Crippen MR) is 107 cm³/mol. The first-order valence-corrected chi connectivity index (χ1v) is 8.92. The first kappa shape index (κ1) is 21.2. The van der Waals surface area contributed by atoms with E-state index in [0.717, 1.165) is 23.3 Å². The Bertz CT molecular complexity index is 1090. The van der Waals surface area contributed by atoms with E-state index in [4.69, 9.17) is 16.2 Å². The molecular formula is C20H20F3N5O2. The summed E-state index contributed by atoms with van der Waals surface area (Å²) in [6.45, 7) is 0.527. The van der Waals surface area contributed by atoms with E-state index in [9.17, 15) is 18.0 Å². The molecule has 30 heavy (non-hydrogen) atoms. The zero-order valence-corrected chi connectivity index (χ0v) is 16.0. The minimum Gasteiger partial charge on any atom is -0.487 e. The first-order valence-electron chi connectivity index (χ1n) is 8.92. The van der Waals surface area contributed by atoms with Gasteiger partial charge in [0.15, 0.2) is 5.96 Å². The number of hydrogen-bond acceptors (Lipinski definition) is 3. The van der Waals surface area contributed by atoms with Crippen LogP contribution in [0.3, 0.4) is 0 Å². The van der Waals surface area contributed by atoms with Gasteiger partial charge in [-0.1, -0.05) is 24.3 Å². The van der Waals surface area contributed by atoms with Crippen molar-refractivity contribution in [3.8, 4) is 5.75 Å². The van der Waals surface area contributed by atoms with Crippen molar-refractivity contribution >= 4 is 22.8 Å². The molecule has 0 aliphatic heterocycles. The molecular weight excluding hydrogens is 399 g/mol. The molecule has 3 rings (SSSR count). The normalized spacial score (nSPS) is 12.2. The van der Waals surface area contributed by atoms with Crippen molar-refractivity contribution in [2.75, 3.05) is 7.05 Å². The number of benzene rings is 2. The summed E-state index contributed by atoms with van der Waals surface area (Å²) in [5.74, 6) is -0.799. The minimum atomic E-state index is -4.61. The van der Waals surface area contributed by atoms with Crippen LogP contribution in [0.1, 0.15) is 27.2 Å². The van der Waals surface area contributed by atoms with Gasteiger partial charge in [0, 0.05) is 19.0 Å². The molecule has 0 radical (unpaired) electrons. The number of ether oxygens (including phenoxy) is 1. The summed E-state index contributed by atoms with van der Waals surface area (Å²) in [7, 11) is 1.46. The highest BCUT2D eigenvalue weighted by atomic mass is 19.4. The fraction of sp³-hybridized carbons (Fsp3) is 0.200. The first-order chi connectivity index (χ1) is 14.2. The summed E-state index contributed by atoms with van der Waals surface area (Å²) in [4.78, 5) is 18.5. The summed E-state index contributed by atoms with van der Waals surface area (Å²) in [6, 6.07) is 10.6. The van der Waals surface area contributed by atoms with Crippen LogP contribution in [0.15, 0.2) is 47.5 Å². The molecule has 0 aliphatic rings. The number of aromatic amines is 1. The van der Waals surface area contributed by atoms with Crippen molar-refractivity contribution in [2.24, 2.45) is 16.5 Å². The number of alkyl halides is 3. The molecule has 0 fully saturated rings. The van der Waals surface area contributed by atoms with E-state index in [2.05, 4.69) is 15.3 Å². The van der Waals surface area contributed by atoms with E-state index < -0.39 is 17.6 Å². The molecule has 1 aromatic heterocycles. The van der Waals surface area contributed by atoms with Gasteiger partial charge in [-0.25, -0.2) is 0 Å². The van der Waals surface area contributed by atoms with E-state index in [1.54, 1.807) is 0 Å². The molecule has 7 nitrogen and oxygen atoms in total. The van der Waals surface area contributed by atoms with Crippen LogP contribution in [-0.2, 0) is 19.3 Å². The van der Waals surface area contributed by atoms with E-state index >= 15 is 0 Å². The summed E-state index contributed by atoms with van der Waals surface area (Å²) in [5, 5.41) is 2.28. The molecule has 3 aromatic rings. The number of nitrogens with zero attached hydrogens (tertiary/aromatic N) is 1. The molecule has 6 N–H and O–H groups in total. The molecule has 158 valence electrons. The average molecular weight is 419 g/mol. The third-order valence-corrected chi connectivity index (χ3v) is 4.42. The molecule has 0 atom stereocenters. The number of H-pyrrole nitrogens is 1. The number of fused-ring (bicyclic) bond motifs is 1. The quantitative estimate of drug-likeness (QED) is 0.375. The second kappa shape index (κ2) is 8.46. The molecule has 0 spiro atoms. The number of carbonyl (C=O) groups is 1. The maximum atomic E-state index is 13.4. The molecule has 0 unspecified atom stereocenters. The number of aromatic nitrogens is 1. The maximum Gasteiger partial charge on any atom is 0.417 e. The highest BCUT2D eigenvalue weighted by Crippen LogP contribution is 2.38. The van der Waals surface area contributed by atoms with Crippen LogP contribution >= 0.6 is 0 Å². The largest absolute Gasteiger partial charge is 0.487 e. The van der Waals surface area contributed by atoms with Gasteiger partial charge in [-0.3, -0.25) is 4.79 Å². The Kier molecular flexibility index (Phi) is 5.97. The van der Waals surface area contributed by atoms with Gasteiger partial charge in [0.1, 0.15) is 18.1 Å². The summed E-state index contributed by atoms with van der Waals surface area (Å²) in [5.41, 5.74) is 11.8. The number of rotatable bonds is 5. The van der Waals surface area contributed by atoms with Gasteiger partial charge in [0.25, 0.3) is 5.91 Å².